The molecular weight excluding hydrogens is 330 g/mol. The van der Waals surface area contributed by atoms with Crippen molar-refractivity contribution in [1.82, 2.24) is 25.4 Å². The monoisotopic (exact) mass is 347 g/mol. The maximum absolute atomic E-state index is 11.8. The van der Waals surface area contributed by atoms with Crippen LogP contribution in [0.15, 0.2) is 52.9 Å². The second-order valence-corrected chi connectivity index (χ2v) is 5.66. The number of H-pyrrole nitrogens is 1. The van der Waals surface area contributed by atoms with Gasteiger partial charge in [0.05, 0.1) is 12.3 Å². The number of thioether (sulfide) groups is 1. The molecule has 0 atom stereocenters. The molecule has 0 aliphatic rings. The number of hydrogen-bond donors (Lipinski definition) is 3. The van der Waals surface area contributed by atoms with Crippen LogP contribution in [0.3, 0.4) is 0 Å². The van der Waals surface area contributed by atoms with E-state index in [2.05, 4.69) is 27.4 Å². The number of urea groups is 1. The fraction of sp³-hybridized carbons (Fsp3) is 0.200. The van der Waals surface area contributed by atoms with Crippen LogP contribution in [0, 0.1) is 0 Å². The van der Waals surface area contributed by atoms with Crippen molar-refractivity contribution in [2.45, 2.75) is 11.7 Å². The molecule has 3 N–H and O–H groups in total. The second-order valence-electron chi connectivity index (χ2n) is 4.72. The van der Waals surface area contributed by atoms with Crippen molar-refractivity contribution < 1.29 is 9.59 Å². The Morgan fingerprint density at radius 1 is 1.33 bits per heavy atom. The Kier molecular flexibility index (Phi) is 6.38. The van der Waals surface area contributed by atoms with Crippen LogP contribution in [0.2, 0.25) is 0 Å². The Hall–Kier alpha value is -2.81. The van der Waals surface area contributed by atoms with Gasteiger partial charge in [0.25, 0.3) is 0 Å². The van der Waals surface area contributed by atoms with Gasteiger partial charge in [-0.15, -0.1) is 11.7 Å². The highest BCUT2D eigenvalue weighted by molar-refractivity contribution is 7.99. The van der Waals surface area contributed by atoms with Crippen molar-refractivity contribution in [1.29, 1.82) is 0 Å². The fourth-order valence-electron chi connectivity index (χ4n) is 1.82. The number of carbonyl (C=O) groups excluding carboxylic acids is 2. The van der Waals surface area contributed by atoms with Gasteiger partial charge in [0.15, 0.2) is 5.16 Å². The summed E-state index contributed by atoms with van der Waals surface area (Å²) in [7, 11) is 0. The highest BCUT2D eigenvalue weighted by Crippen LogP contribution is 2.14. The third-order valence-electron chi connectivity index (χ3n) is 2.90. The number of carbonyl (C=O) groups is 2. The van der Waals surface area contributed by atoms with Crippen molar-refractivity contribution in [2.24, 2.45) is 0 Å². The van der Waals surface area contributed by atoms with Gasteiger partial charge in [-0.05, 0) is 5.56 Å². The van der Waals surface area contributed by atoms with Gasteiger partial charge in [0.2, 0.25) is 5.91 Å². The van der Waals surface area contributed by atoms with E-state index >= 15 is 0 Å². The van der Waals surface area contributed by atoms with Gasteiger partial charge in [0, 0.05) is 6.54 Å². The number of nitrogens with zero attached hydrogens (tertiary/aromatic N) is 2. The minimum atomic E-state index is -0.593. The first-order valence-electron chi connectivity index (χ1n) is 7.10. The summed E-state index contributed by atoms with van der Waals surface area (Å²) in [6, 6.07) is 8.84. The number of hydrogen-bond acceptors (Lipinski definition) is 5. The van der Waals surface area contributed by atoms with E-state index in [1.165, 1.54) is 10.6 Å². The molecule has 2 rings (SSSR count). The molecule has 8 nitrogen and oxygen atoms in total. The van der Waals surface area contributed by atoms with E-state index in [4.69, 9.17) is 0 Å². The second kappa shape index (κ2) is 8.73. The molecule has 0 unspecified atom stereocenters. The summed E-state index contributed by atoms with van der Waals surface area (Å²) in [6.07, 6.45) is 1.50. The molecule has 0 saturated heterocycles. The van der Waals surface area contributed by atoms with E-state index in [0.29, 0.717) is 11.7 Å². The number of aromatic nitrogens is 3. The van der Waals surface area contributed by atoms with Crippen LogP contribution in [-0.4, -0.2) is 39.0 Å². The zero-order valence-electron chi connectivity index (χ0n) is 12.8. The quantitative estimate of drug-likeness (QED) is 0.505. The average molecular weight is 347 g/mol. The number of aromatic amines is 1. The molecule has 9 heteroatoms. The first-order valence-corrected chi connectivity index (χ1v) is 8.09. The summed E-state index contributed by atoms with van der Waals surface area (Å²) in [6.45, 7) is 4.07. The summed E-state index contributed by atoms with van der Waals surface area (Å²) >= 11 is 1.07. The van der Waals surface area contributed by atoms with E-state index in [1.807, 2.05) is 30.3 Å². The number of rotatable bonds is 7. The summed E-state index contributed by atoms with van der Waals surface area (Å²) in [5.41, 5.74) is 0.585. The Bertz CT molecular complexity index is 769. The molecule has 24 heavy (non-hydrogen) atoms. The maximum Gasteiger partial charge on any atom is 0.344 e. The largest absolute Gasteiger partial charge is 0.344 e. The van der Waals surface area contributed by atoms with Crippen molar-refractivity contribution in [3.05, 3.63) is 59.0 Å². The minimum Gasteiger partial charge on any atom is -0.334 e. The predicted molar refractivity (Wildman–Crippen MR) is 90.9 cm³/mol. The molecule has 3 amide bonds. The summed E-state index contributed by atoms with van der Waals surface area (Å²) < 4.78 is 1.44. The lowest BCUT2D eigenvalue weighted by Gasteiger charge is -2.06. The average Bonchev–Trinajstić information content (AvgIpc) is 2.92. The van der Waals surface area contributed by atoms with Crippen molar-refractivity contribution in [3.8, 4) is 0 Å². The lowest BCUT2D eigenvalue weighted by Crippen LogP contribution is -2.40. The van der Waals surface area contributed by atoms with Crippen molar-refractivity contribution >= 4 is 23.7 Å². The third kappa shape index (κ3) is 5.13. The molecule has 1 aromatic carbocycles. The molecular formula is C15H17N5O3S. The number of amides is 3. The van der Waals surface area contributed by atoms with Crippen molar-refractivity contribution in [2.75, 3.05) is 12.3 Å². The van der Waals surface area contributed by atoms with Gasteiger partial charge in [0.1, 0.15) is 0 Å². The Morgan fingerprint density at radius 2 is 2.08 bits per heavy atom. The van der Waals surface area contributed by atoms with E-state index in [0.717, 1.165) is 17.3 Å². The summed E-state index contributed by atoms with van der Waals surface area (Å²) in [5.74, 6) is -0.524. The molecule has 0 bridgehead atoms. The summed E-state index contributed by atoms with van der Waals surface area (Å²) in [5, 5.41) is 11.3. The van der Waals surface area contributed by atoms with Crippen molar-refractivity contribution in [3.63, 3.8) is 0 Å². The van der Waals surface area contributed by atoms with Crippen LogP contribution >= 0.6 is 11.8 Å². The Labute approximate surface area is 142 Å². The molecule has 0 aliphatic heterocycles. The molecule has 0 fully saturated rings. The molecule has 0 spiro atoms. The minimum absolute atomic E-state index is 0.0411. The molecule has 0 saturated carbocycles. The van der Waals surface area contributed by atoms with Gasteiger partial charge in [-0.3, -0.25) is 14.7 Å². The maximum atomic E-state index is 11.8. The highest BCUT2D eigenvalue weighted by Gasteiger charge is 2.13. The molecule has 2 aromatic rings. The van der Waals surface area contributed by atoms with Crippen LogP contribution in [0.5, 0.6) is 0 Å². The Morgan fingerprint density at radius 3 is 2.79 bits per heavy atom. The topological polar surface area (TPSA) is 109 Å². The van der Waals surface area contributed by atoms with Crippen LogP contribution in [0.4, 0.5) is 4.79 Å². The Balaban J connectivity index is 1.93. The van der Waals surface area contributed by atoms with Crippen LogP contribution in [0.25, 0.3) is 0 Å². The van der Waals surface area contributed by atoms with E-state index in [1.54, 1.807) is 0 Å². The normalized spacial score (nSPS) is 10.2. The highest BCUT2D eigenvalue weighted by atomic mass is 32.2. The first-order chi connectivity index (χ1) is 11.6. The smallest absolute Gasteiger partial charge is 0.334 e. The lowest BCUT2D eigenvalue weighted by atomic mass is 10.2. The van der Waals surface area contributed by atoms with E-state index < -0.39 is 11.9 Å². The van der Waals surface area contributed by atoms with Crippen LogP contribution in [-0.2, 0) is 11.3 Å². The predicted octanol–water partition coefficient (Wildman–Crippen LogP) is 0.724. The van der Waals surface area contributed by atoms with E-state index in [9.17, 15) is 14.4 Å². The number of benzene rings is 1. The number of imide groups is 1. The zero-order valence-corrected chi connectivity index (χ0v) is 13.6. The van der Waals surface area contributed by atoms with Gasteiger partial charge in [-0.25, -0.2) is 14.7 Å². The van der Waals surface area contributed by atoms with Crippen LogP contribution in [0.1, 0.15) is 5.56 Å². The van der Waals surface area contributed by atoms with Gasteiger partial charge in [-0.1, -0.05) is 48.2 Å². The molecule has 1 heterocycles. The number of nitrogens with one attached hydrogen (secondary N) is 3. The molecule has 1 aromatic heterocycles. The van der Waals surface area contributed by atoms with E-state index in [-0.39, 0.29) is 18.0 Å². The third-order valence-corrected chi connectivity index (χ3v) is 3.88. The zero-order chi connectivity index (χ0) is 17.4. The molecule has 126 valence electrons. The SMILES string of the molecule is C=CCNC(=O)NC(=O)CSc1n[nH]c(=O)n1Cc1ccccc1. The first kappa shape index (κ1) is 17.5. The standard InChI is InChI=1S/C15H17N5O3S/c1-2-8-16-13(22)17-12(21)10-24-15-19-18-14(23)20(15)9-11-6-4-3-5-7-11/h2-7H,1,8-10H2,(H,18,23)(H2,16,17,21,22). The van der Waals surface area contributed by atoms with Gasteiger partial charge < -0.3 is 5.32 Å². The molecule has 0 radical (unpaired) electrons. The summed E-state index contributed by atoms with van der Waals surface area (Å²) in [4.78, 5) is 34.9. The van der Waals surface area contributed by atoms with Crippen LogP contribution < -0.4 is 16.3 Å². The van der Waals surface area contributed by atoms with Gasteiger partial charge in [-0.2, -0.15) is 0 Å². The van der Waals surface area contributed by atoms with Gasteiger partial charge >= 0.3 is 11.7 Å². The lowest BCUT2D eigenvalue weighted by molar-refractivity contribution is -0.117. The fourth-order valence-corrected chi connectivity index (χ4v) is 2.57. The molecule has 0 aliphatic carbocycles.